The van der Waals surface area contributed by atoms with Gasteiger partial charge in [-0.05, 0) is 68.5 Å². The highest BCUT2D eigenvalue weighted by molar-refractivity contribution is 6.22. The normalized spacial score (nSPS) is 24.2. The molecule has 1 saturated carbocycles. The van der Waals surface area contributed by atoms with Gasteiger partial charge in [-0.1, -0.05) is 24.6 Å². The van der Waals surface area contributed by atoms with E-state index in [1.807, 2.05) is 19.1 Å². The van der Waals surface area contributed by atoms with Crippen LogP contribution >= 0.6 is 0 Å². The molecule has 1 aliphatic heterocycles. The fraction of sp³-hybridized carbons (Fsp3) is 0.348. The molecular formula is C23H23NO4. The first-order chi connectivity index (χ1) is 13.4. The van der Waals surface area contributed by atoms with Crippen molar-refractivity contribution in [3.63, 3.8) is 0 Å². The van der Waals surface area contributed by atoms with Crippen molar-refractivity contribution in [2.45, 2.75) is 33.1 Å². The Labute approximate surface area is 164 Å². The molecule has 0 radical (unpaired) electrons. The minimum Gasteiger partial charge on any atom is -0.423 e. The molecule has 28 heavy (non-hydrogen) atoms. The molecule has 0 aromatic heterocycles. The maximum atomic E-state index is 12.8. The van der Waals surface area contributed by atoms with Gasteiger partial charge in [0.05, 0.1) is 23.1 Å². The minimum absolute atomic E-state index is 0.114. The van der Waals surface area contributed by atoms with Gasteiger partial charge < -0.3 is 4.74 Å². The summed E-state index contributed by atoms with van der Waals surface area (Å²) in [6, 6.07) is 13.7. The van der Waals surface area contributed by atoms with Gasteiger partial charge in [0.2, 0.25) is 11.8 Å². The summed E-state index contributed by atoms with van der Waals surface area (Å²) >= 11 is 0. The van der Waals surface area contributed by atoms with E-state index in [0.29, 0.717) is 22.9 Å². The molecule has 1 heterocycles. The largest absolute Gasteiger partial charge is 0.423 e. The molecule has 5 heteroatoms. The number of imide groups is 1. The number of esters is 1. The average molecular weight is 377 g/mol. The number of ether oxygens (including phenoxy) is 1. The monoisotopic (exact) mass is 377 g/mol. The molecule has 0 bridgehead atoms. The number of nitrogens with zero attached hydrogens (tertiary/aromatic N) is 1. The van der Waals surface area contributed by atoms with Crippen LogP contribution in [-0.4, -0.2) is 17.8 Å². The van der Waals surface area contributed by atoms with Gasteiger partial charge in [-0.25, -0.2) is 4.79 Å². The summed E-state index contributed by atoms with van der Waals surface area (Å²) in [5.41, 5.74) is 1.97. The Morgan fingerprint density at radius 1 is 0.929 bits per heavy atom. The number of carbonyl (C=O) groups is 3. The quantitative estimate of drug-likeness (QED) is 0.458. The van der Waals surface area contributed by atoms with Crippen LogP contribution in [-0.2, 0) is 9.59 Å². The number of anilines is 1. The number of benzene rings is 2. The first kappa shape index (κ1) is 18.4. The first-order valence-electron chi connectivity index (χ1n) is 9.71. The molecule has 0 unspecified atom stereocenters. The maximum absolute atomic E-state index is 12.8. The van der Waals surface area contributed by atoms with Gasteiger partial charge in [-0.2, -0.15) is 0 Å². The third-order valence-corrected chi connectivity index (χ3v) is 5.78. The van der Waals surface area contributed by atoms with Gasteiger partial charge in [-0.3, -0.25) is 14.5 Å². The van der Waals surface area contributed by atoms with E-state index in [1.54, 1.807) is 36.4 Å². The molecule has 2 aliphatic rings. The van der Waals surface area contributed by atoms with Crippen molar-refractivity contribution in [2.24, 2.45) is 17.8 Å². The van der Waals surface area contributed by atoms with E-state index in [1.165, 1.54) is 4.90 Å². The molecular weight excluding hydrogens is 354 g/mol. The predicted octanol–water partition coefficient (Wildman–Crippen LogP) is 4.14. The van der Waals surface area contributed by atoms with Crippen molar-refractivity contribution < 1.29 is 19.1 Å². The highest BCUT2D eigenvalue weighted by atomic mass is 16.5. The van der Waals surface area contributed by atoms with Crippen molar-refractivity contribution >= 4 is 23.5 Å². The zero-order chi connectivity index (χ0) is 19.8. The molecule has 2 amide bonds. The van der Waals surface area contributed by atoms with Crippen LogP contribution in [0.2, 0.25) is 0 Å². The highest BCUT2D eigenvalue weighted by Crippen LogP contribution is 2.42. The second-order valence-electron chi connectivity index (χ2n) is 7.89. The Bertz CT molecular complexity index is 917. The fourth-order valence-corrected chi connectivity index (χ4v) is 4.16. The Morgan fingerprint density at radius 2 is 1.57 bits per heavy atom. The lowest BCUT2D eigenvalue weighted by molar-refractivity contribution is -0.122. The Balaban J connectivity index is 1.50. The number of aryl methyl sites for hydroxylation is 1. The van der Waals surface area contributed by atoms with Gasteiger partial charge in [0.1, 0.15) is 5.75 Å². The zero-order valence-electron chi connectivity index (χ0n) is 16.1. The number of hydrogen-bond acceptors (Lipinski definition) is 4. The van der Waals surface area contributed by atoms with Gasteiger partial charge in [0.15, 0.2) is 0 Å². The third-order valence-electron chi connectivity index (χ3n) is 5.78. The van der Waals surface area contributed by atoms with Crippen molar-refractivity contribution in [3.05, 3.63) is 59.7 Å². The summed E-state index contributed by atoms with van der Waals surface area (Å²) < 4.78 is 5.37. The van der Waals surface area contributed by atoms with E-state index in [2.05, 4.69) is 6.92 Å². The molecule has 5 nitrogen and oxygen atoms in total. The van der Waals surface area contributed by atoms with Crippen LogP contribution in [0.3, 0.4) is 0 Å². The lowest BCUT2D eigenvalue weighted by Crippen LogP contribution is -2.30. The second kappa shape index (κ2) is 7.23. The average Bonchev–Trinajstić information content (AvgIpc) is 2.93. The second-order valence-corrected chi connectivity index (χ2v) is 7.89. The topological polar surface area (TPSA) is 63.7 Å². The molecule has 0 N–H and O–H groups in total. The maximum Gasteiger partial charge on any atom is 0.343 e. The Morgan fingerprint density at radius 3 is 2.25 bits per heavy atom. The van der Waals surface area contributed by atoms with Crippen molar-refractivity contribution in [3.8, 4) is 5.75 Å². The fourth-order valence-electron chi connectivity index (χ4n) is 4.16. The van der Waals surface area contributed by atoms with E-state index in [9.17, 15) is 14.4 Å². The minimum atomic E-state index is -0.475. The lowest BCUT2D eigenvalue weighted by Gasteiger charge is -2.25. The summed E-state index contributed by atoms with van der Waals surface area (Å²) in [6.07, 6.45) is 2.53. The van der Waals surface area contributed by atoms with Crippen molar-refractivity contribution in [1.82, 2.24) is 0 Å². The molecule has 2 aromatic rings. The molecule has 3 atom stereocenters. The van der Waals surface area contributed by atoms with E-state index >= 15 is 0 Å². The zero-order valence-corrected chi connectivity index (χ0v) is 16.1. The first-order valence-corrected chi connectivity index (χ1v) is 9.71. The van der Waals surface area contributed by atoms with E-state index < -0.39 is 5.97 Å². The van der Waals surface area contributed by atoms with Gasteiger partial charge in [0, 0.05) is 0 Å². The molecule has 1 saturated heterocycles. The summed E-state index contributed by atoms with van der Waals surface area (Å²) in [5.74, 6) is -0.165. The van der Waals surface area contributed by atoms with Gasteiger partial charge in [0.25, 0.3) is 0 Å². The Kier molecular flexibility index (Phi) is 4.75. The predicted molar refractivity (Wildman–Crippen MR) is 105 cm³/mol. The summed E-state index contributed by atoms with van der Waals surface area (Å²) in [7, 11) is 0. The van der Waals surface area contributed by atoms with Crippen LogP contribution in [0.15, 0.2) is 48.5 Å². The van der Waals surface area contributed by atoms with Crippen LogP contribution in [0, 0.1) is 24.7 Å². The lowest BCUT2D eigenvalue weighted by atomic mass is 9.76. The van der Waals surface area contributed by atoms with Crippen LogP contribution in [0.4, 0.5) is 5.69 Å². The van der Waals surface area contributed by atoms with Gasteiger partial charge >= 0.3 is 5.97 Å². The molecule has 0 spiro atoms. The summed E-state index contributed by atoms with van der Waals surface area (Å²) in [4.78, 5) is 39.2. The standard InChI is InChI=1S/C23H23NO4/c1-14-3-10-18(11-4-14)28-23(27)16-6-8-17(9-7-16)24-21(25)19-12-5-15(2)13-20(19)22(24)26/h3-4,6-11,15,19-20H,5,12-13H2,1-2H3/t15-,19+,20+/m0/s1. The van der Waals surface area contributed by atoms with Gasteiger partial charge in [-0.15, -0.1) is 0 Å². The molecule has 1 aliphatic carbocycles. The summed E-state index contributed by atoms with van der Waals surface area (Å²) in [5, 5.41) is 0. The highest BCUT2D eigenvalue weighted by Gasteiger charge is 2.49. The number of amides is 2. The van der Waals surface area contributed by atoms with Crippen LogP contribution in [0.25, 0.3) is 0 Å². The summed E-state index contributed by atoms with van der Waals surface area (Å²) in [6.45, 7) is 4.09. The van der Waals surface area contributed by atoms with Crippen molar-refractivity contribution in [2.75, 3.05) is 4.90 Å². The molecule has 4 rings (SSSR count). The Hall–Kier alpha value is -2.95. The van der Waals surface area contributed by atoms with E-state index in [4.69, 9.17) is 4.74 Å². The van der Waals surface area contributed by atoms with Crippen LogP contribution < -0.4 is 9.64 Å². The van der Waals surface area contributed by atoms with Crippen LogP contribution in [0.5, 0.6) is 5.75 Å². The van der Waals surface area contributed by atoms with Crippen molar-refractivity contribution in [1.29, 1.82) is 0 Å². The SMILES string of the molecule is Cc1ccc(OC(=O)c2ccc(N3C(=O)[C@@H]4CC[C@H](C)C[C@H]4C3=O)cc2)cc1. The van der Waals surface area contributed by atoms with Crippen LogP contribution in [0.1, 0.15) is 42.1 Å². The molecule has 2 fully saturated rings. The number of rotatable bonds is 3. The number of fused-ring (bicyclic) bond motifs is 1. The molecule has 144 valence electrons. The van der Waals surface area contributed by atoms with E-state index in [0.717, 1.165) is 24.8 Å². The third kappa shape index (κ3) is 3.33. The smallest absolute Gasteiger partial charge is 0.343 e. The van der Waals surface area contributed by atoms with E-state index in [-0.39, 0.29) is 23.7 Å². The number of carbonyl (C=O) groups excluding carboxylic acids is 3. The molecule has 2 aromatic carbocycles. The number of hydrogen-bond donors (Lipinski definition) is 0.